The van der Waals surface area contributed by atoms with Crippen LogP contribution in [0, 0.1) is 0 Å². The summed E-state index contributed by atoms with van der Waals surface area (Å²) >= 11 is 12.2. The number of carbonyl (C=O) groups is 1. The van der Waals surface area contributed by atoms with Crippen molar-refractivity contribution in [2.24, 2.45) is 7.05 Å². The van der Waals surface area contributed by atoms with E-state index in [9.17, 15) is 4.79 Å². The molecule has 4 rings (SSSR count). The summed E-state index contributed by atoms with van der Waals surface area (Å²) in [5.41, 5.74) is 2.51. The number of carbonyl (C=O) groups excluding carboxylic acids is 1. The predicted octanol–water partition coefficient (Wildman–Crippen LogP) is 4.79. The molecule has 8 nitrogen and oxygen atoms in total. The van der Waals surface area contributed by atoms with Crippen molar-refractivity contribution < 1.29 is 4.79 Å². The fourth-order valence-corrected chi connectivity index (χ4v) is 4.47. The van der Waals surface area contributed by atoms with Crippen LogP contribution < -0.4 is 16.0 Å². The minimum absolute atomic E-state index is 0.0212. The Kier molecular flexibility index (Phi) is 6.81. The van der Waals surface area contributed by atoms with Crippen LogP contribution >= 0.6 is 23.2 Å². The zero-order valence-electron chi connectivity index (χ0n) is 17.9. The Morgan fingerprint density at radius 2 is 1.75 bits per heavy atom. The largest absolute Gasteiger partial charge is 0.367 e. The van der Waals surface area contributed by atoms with E-state index in [1.807, 2.05) is 13.2 Å². The molecule has 168 valence electrons. The van der Waals surface area contributed by atoms with E-state index >= 15 is 0 Å². The van der Waals surface area contributed by atoms with Crippen LogP contribution in [0.4, 0.5) is 17.5 Å². The van der Waals surface area contributed by atoms with E-state index in [2.05, 4.69) is 26.0 Å². The van der Waals surface area contributed by atoms with Crippen LogP contribution in [0.3, 0.4) is 0 Å². The van der Waals surface area contributed by atoms with Gasteiger partial charge in [-0.25, -0.2) is 4.98 Å². The summed E-state index contributed by atoms with van der Waals surface area (Å²) in [5.74, 6) is 1.19. The first-order chi connectivity index (χ1) is 15.4. The Balaban J connectivity index is 1.56. The van der Waals surface area contributed by atoms with E-state index in [1.54, 1.807) is 42.2 Å². The number of rotatable bonds is 6. The van der Waals surface area contributed by atoms with Gasteiger partial charge < -0.3 is 16.0 Å². The summed E-state index contributed by atoms with van der Waals surface area (Å²) in [6.45, 7) is 1.56. The molecule has 10 heteroatoms. The standard InChI is InChI=1S/C22H25Cl2N7O/c1-13(32)27-17-3-5-18(6-4-17)28-21-20(14-10-26-31(2)12-14)11-25-22(30-21)29-19-8-15(23)7-16(24)9-19/h7-12,17-18H,3-6H2,1-2H3,(H,27,32)(H2,25,28,29,30). The maximum atomic E-state index is 11.3. The first kappa shape index (κ1) is 22.4. The highest BCUT2D eigenvalue weighted by molar-refractivity contribution is 6.35. The van der Waals surface area contributed by atoms with Crippen molar-refractivity contribution in [1.29, 1.82) is 0 Å². The molecule has 1 saturated carbocycles. The lowest BCUT2D eigenvalue weighted by Gasteiger charge is -2.30. The third kappa shape index (κ3) is 5.69. The molecule has 0 radical (unpaired) electrons. The molecule has 0 unspecified atom stereocenters. The van der Waals surface area contributed by atoms with Gasteiger partial charge in [-0.3, -0.25) is 9.48 Å². The van der Waals surface area contributed by atoms with Crippen molar-refractivity contribution >= 4 is 46.6 Å². The highest BCUT2D eigenvalue weighted by Gasteiger charge is 2.23. The number of anilines is 3. The molecule has 1 aliphatic carbocycles. The average molecular weight is 474 g/mol. The van der Waals surface area contributed by atoms with Gasteiger partial charge >= 0.3 is 0 Å². The monoisotopic (exact) mass is 473 g/mol. The highest BCUT2D eigenvalue weighted by Crippen LogP contribution is 2.31. The van der Waals surface area contributed by atoms with Crippen molar-refractivity contribution in [2.75, 3.05) is 10.6 Å². The number of benzene rings is 1. The summed E-state index contributed by atoms with van der Waals surface area (Å²) in [7, 11) is 1.87. The van der Waals surface area contributed by atoms with Crippen molar-refractivity contribution in [3.8, 4) is 11.1 Å². The van der Waals surface area contributed by atoms with E-state index < -0.39 is 0 Å². The molecule has 2 aromatic heterocycles. The topological polar surface area (TPSA) is 96.8 Å². The Bertz CT molecular complexity index is 1090. The molecular formula is C22H25Cl2N7O. The van der Waals surface area contributed by atoms with E-state index in [0.29, 0.717) is 21.7 Å². The molecular weight excluding hydrogens is 449 g/mol. The fraction of sp³-hybridized carbons (Fsp3) is 0.364. The maximum Gasteiger partial charge on any atom is 0.229 e. The first-order valence-corrected chi connectivity index (χ1v) is 11.2. The molecule has 2 heterocycles. The maximum absolute atomic E-state index is 11.3. The lowest BCUT2D eigenvalue weighted by molar-refractivity contribution is -0.119. The van der Waals surface area contributed by atoms with E-state index in [4.69, 9.17) is 28.2 Å². The van der Waals surface area contributed by atoms with Crippen LogP contribution in [0.5, 0.6) is 0 Å². The molecule has 0 bridgehead atoms. The van der Waals surface area contributed by atoms with Crippen LogP contribution in [0.1, 0.15) is 32.6 Å². The van der Waals surface area contributed by atoms with Gasteiger partial charge in [-0.15, -0.1) is 0 Å². The number of hydrogen-bond donors (Lipinski definition) is 3. The Hall–Kier alpha value is -2.84. The van der Waals surface area contributed by atoms with Crippen molar-refractivity contribution in [2.45, 2.75) is 44.7 Å². The molecule has 1 aliphatic rings. The summed E-state index contributed by atoms with van der Waals surface area (Å²) in [5, 5.41) is 15.1. The van der Waals surface area contributed by atoms with Gasteiger partial charge in [0.15, 0.2) is 0 Å². The second-order valence-corrected chi connectivity index (χ2v) is 8.91. The molecule has 0 spiro atoms. The molecule has 32 heavy (non-hydrogen) atoms. The smallest absolute Gasteiger partial charge is 0.229 e. The lowest BCUT2D eigenvalue weighted by atomic mass is 9.91. The van der Waals surface area contributed by atoms with Gasteiger partial charge in [0.2, 0.25) is 11.9 Å². The third-order valence-corrected chi connectivity index (χ3v) is 5.84. The van der Waals surface area contributed by atoms with Crippen LogP contribution in [-0.4, -0.2) is 37.7 Å². The normalized spacial score (nSPS) is 18.2. The second kappa shape index (κ2) is 9.75. The van der Waals surface area contributed by atoms with Crippen molar-refractivity contribution in [3.63, 3.8) is 0 Å². The van der Waals surface area contributed by atoms with Gasteiger partial charge in [-0.05, 0) is 43.9 Å². The average Bonchev–Trinajstić information content (AvgIpc) is 3.14. The van der Waals surface area contributed by atoms with Gasteiger partial charge in [-0.1, -0.05) is 23.2 Å². The molecule has 0 aliphatic heterocycles. The Morgan fingerprint density at radius 1 is 1.06 bits per heavy atom. The minimum atomic E-state index is 0.0212. The van der Waals surface area contributed by atoms with Gasteiger partial charge in [0.05, 0.1) is 6.20 Å². The number of hydrogen-bond acceptors (Lipinski definition) is 6. The Labute approximate surface area is 196 Å². The number of aryl methyl sites for hydroxylation is 1. The number of amides is 1. The summed E-state index contributed by atoms with van der Waals surface area (Å²) in [6.07, 6.45) is 9.24. The molecule has 0 atom stereocenters. The zero-order chi connectivity index (χ0) is 22.7. The quantitative estimate of drug-likeness (QED) is 0.476. The third-order valence-electron chi connectivity index (χ3n) is 5.40. The molecule has 3 N–H and O–H groups in total. The van der Waals surface area contributed by atoms with Crippen LogP contribution in [0.15, 0.2) is 36.8 Å². The van der Waals surface area contributed by atoms with E-state index in [0.717, 1.165) is 42.6 Å². The van der Waals surface area contributed by atoms with Gasteiger partial charge in [0.1, 0.15) is 5.82 Å². The van der Waals surface area contributed by atoms with E-state index in [1.165, 1.54) is 0 Å². The van der Waals surface area contributed by atoms with Gasteiger partial charge in [0.25, 0.3) is 0 Å². The summed E-state index contributed by atoms with van der Waals surface area (Å²) in [4.78, 5) is 20.6. The lowest BCUT2D eigenvalue weighted by Crippen LogP contribution is -2.39. The zero-order valence-corrected chi connectivity index (χ0v) is 19.4. The summed E-state index contributed by atoms with van der Waals surface area (Å²) in [6, 6.07) is 5.69. The number of halogens is 2. The fourth-order valence-electron chi connectivity index (χ4n) is 3.94. The number of nitrogens with zero attached hydrogens (tertiary/aromatic N) is 4. The molecule has 3 aromatic rings. The van der Waals surface area contributed by atoms with Crippen LogP contribution in [0.25, 0.3) is 11.1 Å². The van der Waals surface area contributed by atoms with Crippen LogP contribution in [0.2, 0.25) is 10.0 Å². The Morgan fingerprint density at radius 3 is 2.38 bits per heavy atom. The SMILES string of the molecule is CC(=O)NC1CCC(Nc2nc(Nc3cc(Cl)cc(Cl)c3)ncc2-c2cnn(C)c2)CC1. The molecule has 1 amide bonds. The van der Waals surface area contributed by atoms with Crippen molar-refractivity contribution in [3.05, 3.63) is 46.8 Å². The van der Waals surface area contributed by atoms with Gasteiger partial charge in [0, 0.05) is 65.3 Å². The predicted molar refractivity (Wildman–Crippen MR) is 127 cm³/mol. The first-order valence-electron chi connectivity index (χ1n) is 10.5. The minimum Gasteiger partial charge on any atom is -0.367 e. The molecule has 1 fully saturated rings. The van der Waals surface area contributed by atoms with Crippen LogP contribution in [-0.2, 0) is 11.8 Å². The van der Waals surface area contributed by atoms with E-state index in [-0.39, 0.29) is 18.0 Å². The number of aromatic nitrogens is 4. The second-order valence-electron chi connectivity index (χ2n) is 8.04. The number of nitrogens with one attached hydrogen (secondary N) is 3. The van der Waals surface area contributed by atoms with Crippen molar-refractivity contribution in [1.82, 2.24) is 25.1 Å². The summed E-state index contributed by atoms with van der Waals surface area (Å²) < 4.78 is 1.75. The highest BCUT2D eigenvalue weighted by atomic mass is 35.5. The molecule has 1 aromatic carbocycles. The molecule has 0 saturated heterocycles. The van der Waals surface area contributed by atoms with Gasteiger partial charge in [-0.2, -0.15) is 10.1 Å².